The maximum absolute atomic E-state index is 5.25. The van der Waals surface area contributed by atoms with Gasteiger partial charge in [0.25, 0.3) is 0 Å². The van der Waals surface area contributed by atoms with Crippen LogP contribution in [0.1, 0.15) is 44.2 Å². The summed E-state index contributed by atoms with van der Waals surface area (Å²) in [6.07, 6.45) is 5.02. The van der Waals surface area contributed by atoms with Crippen molar-refractivity contribution in [1.29, 1.82) is 0 Å². The highest BCUT2D eigenvalue weighted by Gasteiger charge is 2.17. The Bertz CT molecular complexity index is 564. The van der Waals surface area contributed by atoms with E-state index in [-0.39, 0.29) is 0 Å². The maximum atomic E-state index is 5.25. The van der Waals surface area contributed by atoms with Gasteiger partial charge in [-0.2, -0.15) is 11.8 Å². The Labute approximate surface area is 151 Å². The highest BCUT2D eigenvalue weighted by molar-refractivity contribution is 7.99. The van der Waals surface area contributed by atoms with E-state index in [4.69, 9.17) is 4.74 Å². The third-order valence-corrected chi connectivity index (χ3v) is 6.19. The van der Waals surface area contributed by atoms with Gasteiger partial charge in [0, 0.05) is 11.0 Å². The van der Waals surface area contributed by atoms with Gasteiger partial charge in [-0.3, -0.25) is 0 Å². The van der Waals surface area contributed by atoms with Crippen molar-refractivity contribution in [3.8, 4) is 5.75 Å². The molecule has 2 aromatic rings. The summed E-state index contributed by atoms with van der Waals surface area (Å²) in [6.45, 7) is 4.71. The van der Waals surface area contributed by atoms with E-state index in [0.717, 1.165) is 17.4 Å². The summed E-state index contributed by atoms with van der Waals surface area (Å²) in [5.74, 6) is 2.78. The summed E-state index contributed by atoms with van der Waals surface area (Å²) >= 11 is 2.11. The molecule has 1 nitrogen and oxygen atoms in total. The Morgan fingerprint density at radius 2 is 1.62 bits per heavy atom. The second-order valence-corrected chi connectivity index (χ2v) is 7.72. The van der Waals surface area contributed by atoms with Crippen molar-refractivity contribution in [2.24, 2.45) is 5.92 Å². The number of ether oxygens (including phenoxy) is 1. The third kappa shape index (κ3) is 6.24. The van der Waals surface area contributed by atoms with Crippen LogP contribution in [0.15, 0.2) is 54.6 Å². The first-order valence-corrected chi connectivity index (χ1v) is 10.1. The molecule has 0 spiro atoms. The van der Waals surface area contributed by atoms with E-state index in [1.54, 1.807) is 7.11 Å². The first kappa shape index (κ1) is 18.9. The molecule has 2 heteroatoms. The van der Waals surface area contributed by atoms with Crippen LogP contribution in [0.2, 0.25) is 0 Å². The van der Waals surface area contributed by atoms with Gasteiger partial charge in [-0.25, -0.2) is 0 Å². The van der Waals surface area contributed by atoms with Crippen molar-refractivity contribution < 1.29 is 4.74 Å². The molecule has 0 N–H and O–H groups in total. The van der Waals surface area contributed by atoms with E-state index in [0.29, 0.717) is 5.25 Å². The van der Waals surface area contributed by atoms with Crippen LogP contribution in [0.5, 0.6) is 5.75 Å². The minimum Gasteiger partial charge on any atom is -0.497 e. The standard InChI is InChI=1S/C22H30OS/c1-4-8-18(2)22(16-13-19-9-6-5-7-10-19)24-17-20-11-14-21(23-3)15-12-20/h5-7,9-12,14-15,18,22H,4,8,13,16-17H2,1-3H3/t18-,22-/m0/s1. The lowest BCUT2D eigenvalue weighted by atomic mass is 9.97. The molecule has 0 aromatic heterocycles. The molecule has 0 saturated heterocycles. The predicted octanol–water partition coefficient (Wildman–Crippen LogP) is 6.37. The Morgan fingerprint density at radius 3 is 2.25 bits per heavy atom. The molecule has 0 fully saturated rings. The number of methoxy groups -OCH3 is 1. The molecule has 0 saturated carbocycles. The fourth-order valence-electron chi connectivity index (χ4n) is 3.05. The molecule has 2 atom stereocenters. The summed E-state index contributed by atoms with van der Waals surface area (Å²) in [4.78, 5) is 0. The van der Waals surface area contributed by atoms with E-state index in [1.165, 1.54) is 36.8 Å². The Balaban J connectivity index is 1.91. The summed E-state index contributed by atoms with van der Waals surface area (Å²) in [6, 6.07) is 19.4. The summed E-state index contributed by atoms with van der Waals surface area (Å²) in [5.41, 5.74) is 2.84. The van der Waals surface area contributed by atoms with Crippen molar-refractivity contribution >= 4 is 11.8 Å². The lowest BCUT2D eigenvalue weighted by Gasteiger charge is -2.23. The maximum Gasteiger partial charge on any atom is 0.118 e. The number of thioether (sulfide) groups is 1. The second kappa shape index (κ2) is 10.5. The van der Waals surface area contributed by atoms with Crippen LogP contribution < -0.4 is 4.74 Å². The van der Waals surface area contributed by atoms with Crippen molar-refractivity contribution in [3.63, 3.8) is 0 Å². The van der Waals surface area contributed by atoms with Gasteiger partial charge in [-0.15, -0.1) is 0 Å². The molecule has 0 aliphatic heterocycles. The predicted molar refractivity (Wildman–Crippen MR) is 107 cm³/mol. The lowest BCUT2D eigenvalue weighted by molar-refractivity contribution is 0.414. The number of hydrogen-bond acceptors (Lipinski definition) is 2. The Hall–Kier alpha value is -1.41. The lowest BCUT2D eigenvalue weighted by Crippen LogP contribution is -2.16. The van der Waals surface area contributed by atoms with Crippen LogP contribution >= 0.6 is 11.8 Å². The van der Waals surface area contributed by atoms with Gasteiger partial charge in [-0.05, 0) is 48.4 Å². The van der Waals surface area contributed by atoms with Gasteiger partial charge in [0.1, 0.15) is 5.75 Å². The van der Waals surface area contributed by atoms with E-state index >= 15 is 0 Å². The van der Waals surface area contributed by atoms with Crippen molar-refractivity contribution in [2.45, 2.75) is 50.5 Å². The minimum absolute atomic E-state index is 0.715. The molecular weight excluding hydrogens is 312 g/mol. The quantitative estimate of drug-likeness (QED) is 0.496. The summed E-state index contributed by atoms with van der Waals surface area (Å²) < 4.78 is 5.25. The zero-order valence-corrected chi connectivity index (χ0v) is 16.0. The van der Waals surface area contributed by atoms with Crippen LogP contribution in [0.25, 0.3) is 0 Å². The molecule has 0 amide bonds. The topological polar surface area (TPSA) is 9.23 Å². The number of rotatable bonds is 10. The van der Waals surface area contributed by atoms with E-state index < -0.39 is 0 Å². The summed E-state index contributed by atoms with van der Waals surface area (Å²) in [7, 11) is 1.72. The van der Waals surface area contributed by atoms with Gasteiger partial charge in [0.05, 0.1) is 7.11 Å². The van der Waals surface area contributed by atoms with Crippen molar-refractivity contribution in [3.05, 3.63) is 65.7 Å². The Kier molecular flexibility index (Phi) is 8.24. The smallest absolute Gasteiger partial charge is 0.118 e. The molecular formula is C22H30OS. The average molecular weight is 343 g/mol. The second-order valence-electron chi connectivity index (χ2n) is 6.49. The van der Waals surface area contributed by atoms with Gasteiger partial charge in [0.2, 0.25) is 0 Å². The fourth-order valence-corrected chi connectivity index (χ4v) is 4.40. The molecule has 130 valence electrons. The van der Waals surface area contributed by atoms with Crippen LogP contribution in [-0.4, -0.2) is 12.4 Å². The summed E-state index contributed by atoms with van der Waals surface area (Å²) in [5, 5.41) is 0.715. The third-order valence-electron chi connectivity index (χ3n) is 4.56. The van der Waals surface area contributed by atoms with E-state index in [1.807, 2.05) is 0 Å². The van der Waals surface area contributed by atoms with Gasteiger partial charge in [0.15, 0.2) is 0 Å². The highest BCUT2D eigenvalue weighted by Crippen LogP contribution is 2.30. The zero-order chi connectivity index (χ0) is 17.2. The van der Waals surface area contributed by atoms with Crippen LogP contribution in [0.3, 0.4) is 0 Å². The van der Waals surface area contributed by atoms with Gasteiger partial charge < -0.3 is 4.74 Å². The monoisotopic (exact) mass is 342 g/mol. The molecule has 24 heavy (non-hydrogen) atoms. The largest absolute Gasteiger partial charge is 0.497 e. The first-order valence-electron chi connectivity index (χ1n) is 9.01. The van der Waals surface area contributed by atoms with Crippen LogP contribution in [0, 0.1) is 5.92 Å². The van der Waals surface area contributed by atoms with Crippen molar-refractivity contribution in [1.82, 2.24) is 0 Å². The molecule has 0 aliphatic rings. The minimum atomic E-state index is 0.715. The zero-order valence-electron chi connectivity index (χ0n) is 15.2. The van der Waals surface area contributed by atoms with Crippen LogP contribution in [-0.2, 0) is 12.2 Å². The number of aryl methyl sites for hydroxylation is 1. The fraction of sp³-hybridized carbons (Fsp3) is 0.455. The molecule has 0 bridgehead atoms. The molecule has 0 aliphatic carbocycles. The van der Waals surface area contributed by atoms with Gasteiger partial charge in [-0.1, -0.05) is 62.7 Å². The van der Waals surface area contributed by atoms with Crippen molar-refractivity contribution in [2.75, 3.05) is 7.11 Å². The van der Waals surface area contributed by atoms with E-state index in [2.05, 4.69) is 80.2 Å². The normalized spacial score (nSPS) is 13.5. The molecule has 0 heterocycles. The Morgan fingerprint density at radius 1 is 0.917 bits per heavy atom. The molecule has 2 aromatic carbocycles. The number of benzene rings is 2. The first-order chi connectivity index (χ1) is 11.7. The molecule has 2 rings (SSSR count). The SMILES string of the molecule is CCC[C@H](C)[C@H](CCc1ccccc1)SCc1ccc(OC)cc1. The van der Waals surface area contributed by atoms with Gasteiger partial charge >= 0.3 is 0 Å². The highest BCUT2D eigenvalue weighted by atomic mass is 32.2. The molecule has 0 radical (unpaired) electrons. The van der Waals surface area contributed by atoms with E-state index in [9.17, 15) is 0 Å². The molecule has 0 unspecified atom stereocenters. The average Bonchev–Trinajstić information content (AvgIpc) is 2.63. The number of hydrogen-bond donors (Lipinski definition) is 0. The van der Waals surface area contributed by atoms with Crippen LogP contribution in [0.4, 0.5) is 0 Å².